The zero-order valence-electron chi connectivity index (χ0n) is 19.0. The Labute approximate surface area is 192 Å². The molecule has 178 valence electrons. The Morgan fingerprint density at radius 3 is 2.45 bits per heavy atom. The number of carbonyl (C=O) groups is 2. The molecule has 1 aliphatic heterocycles. The lowest BCUT2D eigenvalue weighted by atomic mass is 9.84. The molecule has 2 heterocycles. The van der Waals surface area contributed by atoms with Crippen LogP contribution < -0.4 is 14.4 Å². The number of aromatic nitrogens is 1. The Morgan fingerprint density at radius 1 is 1.21 bits per heavy atom. The van der Waals surface area contributed by atoms with Crippen LogP contribution in [0.3, 0.4) is 0 Å². The van der Waals surface area contributed by atoms with Crippen molar-refractivity contribution in [1.82, 2.24) is 9.88 Å². The van der Waals surface area contributed by atoms with E-state index in [0.717, 1.165) is 12.8 Å². The third-order valence-corrected chi connectivity index (χ3v) is 5.86. The van der Waals surface area contributed by atoms with Crippen LogP contribution in [0.25, 0.3) is 0 Å². The zero-order chi connectivity index (χ0) is 24.0. The Hall–Kier alpha value is -3.23. The van der Waals surface area contributed by atoms with Crippen LogP contribution in [0.4, 0.5) is 19.3 Å². The highest BCUT2D eigenvalue weighted by atomic mass is 19.1. The lowest BCUT2D eigenvalue weighted by Crippen LogP contribution is -2.47. The van der Waals surface area contributed by atoms with Crippen LogP contribution in [0.5, 0.6) is 11.6 Å². The Kier molecular flexibility index (Phi) is 8.19. The summed E-state index contributed by atoms with van der Waals surface area (Å²) < 4.78 is 37.7. The molecule has 0 spiro atoms. The van der Waals surface area contributed by atoms with Crippen LogP contribution in [0.2, 0.25) is 0 Å². The van der Waals surface area contributed by atoms with Gasteiger partial charge < -0.3 is 19.3 Å². The molecule has 1 fully saturated rings. The number of ether oxygens (including phenoxy) is 2. The summed E-state index contributed by atoms with van der Waals surface area (Å²) in [5, 5.41) is 0. The molecule has 0 N–H and O–H groups in total. The van der Waals surface area contributed by atoms with Gasteiger partial charge in [-0.3, -0.25) is 4.79 Å². The minimum Gasteiger partial charge on any atom is -0.479 e. The number of hydrogen-bond acceptors (Lipinski definition) is 5. The molecule has 2 aromatic rings. The molecule has 1 aromatic carbocycles. The number of halogens is 2. The molecule has 3 rings (SSSR count). The first-order valence-corrected chi connectivity index (χ1v) is 11.0. The SMILES string of the molecule is COc1nccc(OC(=O)N2CCC(C(CC(C)C)N(C=O)c3ccc(F)cc3)CC2)c1F. The first-order valence-electron chi connectivity index (χ1n) is 11.0. The van der Waals surface area contributed by atoms with E-state index in [1.807, 2.05) is 0 Å². The van der Waals surface area contributed by atoms with E-state index in [9.17, 15) is 18.4 Å². The number of benzene rings is 1. The molecular weight excluding hydrogens is 432 g/mol. The molecular formula is C24H29F2N3O4. The number of pyridine rings is 1. The lowest BCUT2D eigenvalue weighted by Gasteiger charge is -2.40. The predicted octanol–water partition coefficient (Wildman–Crippen LogP) is 4.66. The molecule has 0 radical (unpaired) electrons. The van der Waals surface area contributed by atoms with Crippen LogP contribution in [0.1, 0.15) is 33.1 Å². The maximum absolute atomic E-state index is 14.3. The van der Waals surface area contributed by atoms with Crippen LogP contribution >= 0.6 is 0 Å². The van der Waals surface area contributed by atoms with E-state index >= 15 is 0 Å². The smallest absolute Gasteiger partial charge is 0.415 e. The summed E-state index contributed by atoms with van der Waals surface area (Å²) in [5.41, 5.74) is 0.640. The summed E-state index contributed by atoms with van der Waals surface area (Å²) in [6.45, 7) is 5.01. The highest BCUT2D eigenvalue weighted by Crippen LogP contribution is 2.32. The molecule has 2 amide bonds. The molecule has 9 heteroatoms. The summed E-state index contributed by atoms with van der Waals surface area (Å²) in [5.74, 6) is -1.20. The second kappa shape index (κ2) is 11.1. The van der Waals surface area contributed by atoms with Gasteiger partial charge in [-0.1, -0.05) is 13.8 Å². The maximum atomic E-state index is 14.3. The van der Waals surface area contributed by atoms with Crippen LogP contribution in [-0.4, -0.2) is 48.6 Å². The van der Waals surface area contributed by atoms with E-state index in [2.05, 4.69) is 18.8 Å². The third kappa shape index (κ3) is 5.97. The molecule has 0 bridgehead atoms. The lowest BCUT2D eigenvalue weighted by molar-refractivity contribution is -0.108. The molecule has 33 heavy (non-hydrogen) atoms. The van der Waals surface area contributed by atoms with Crippen LogP contribution in [0.15, 0.2) is 36.5 Å². The topological polar surface area (TPSA) is 72.0 Å². The normalized spacial score (nSPS) is 15.3. The van der Waals surface area contributed by atoms with Crippen molar-refractivity contribution in [3.05, 3.63) is 48.2 Å². The maximum Gasteiger partial charge on any atom is 0.415 e. The fourth-order valence-corrected chi connectivity index (χ4v) is 4.21. The van der Waals surface area contributed by atoms with Crippen molar-refractivity contribution in [3.8, 4) is 11.6 Å². The largest absolute Gasteiger partial charge is 0.479 e. The van der Waals surface area contributed by atoms with E-state index in [1.165, 1.54) is 36.4 Å². The van der Waals surface area contributed by atoms with Crippen molar-refractivity contribution in [2.45, 2.75) is 39.2 Å². The second-order valence-electron chi connectivity index (χ2n) is 8.51. The van der Waals surface area contributed by atoms with Gasteiger partial charge in [-0.05, 0) is 55.4 Å². The van der Waals surface area contributed by atoms with Crippen molar-refractivity contribution in [2.24, 2.45) is 11.8 Å². The number of hydrogen-bond donors (Lipinski definition) is 0. The van der Waals surface area contributed by atoms with E-state index < -0.39 is 11.9 Å². The van der Waals surface area contributed by atoms with Gasteiger partial charge in [0, 0.05) is 37.1 Å². The molecule has 1 aromatic heterocycles. The second-order valence-corrected chi connectivity index (χ2v) is 8.51. The van der Waals surface area contributed by atoms with Crippen molar-refractivity contribution in [2.75, 3.05) is 25.1 Å². The van der Waals surface area contributed by atoms with Crippen LogP contribution in [-0.2, 0) is 4.79 Å². The van der Waals surface area contributed by atoms with E-state index in [1.54, 1.807) is 17.0 Å². The van der Waals surface area contributed by atoms with Gasteiger partial charge in [0.15, 0.2) is 5.75 Å². The molecule has 1 aliphatic rings. The third-order valence-electron chi connectivity index (χ3n) is 5.86. The van der Waals surface area contributed by atoms with Gasteiger partial charge in [-0.25, -0.2) is 14.2 Å². The number of methoxy groups -OCH3 is 1. The number of piperidine rings is 1. The summed E-state index contributed by atoms with van der Waals surface area (Å²) in [6.07, 6.45) is 3.52. The Bertz CT molecular complexity index is 947. The number of carbonyl (C=O) groups excluding carboxylic acids is 2. The molecule has 1 atom stereocenters. The summed E-state index contributed by atoms with van der Waals surface area (Å²) in [6, 6.07) is 7.05. The standard InChI is InChI=1S/C24H29F2N3O4/c1-16(2)14-20(29(15-30)19-6-4-18(25)5-7-19)17-9-12-28(13-10-17)24(31)33-21-8-11-27-23(32-3)22(21)26/h4-8,11,15-17,20H,9-10,12-14H2,1-3H3. The number of rotatable bonds is 8. The summed E-state index contributed by atoms with van der Waals surface area (Å²) in [7, 11) is 1.28. The molecule has 1 saturated heterocycles. The van der Waals surface area contributed by atoms with E-state index in [4.69, 9.17) is 9.47 Å². The number of amides is 2. The number of likely N-dealkylation sites (tertiary alicyclic amines) is 1. The Balaban J connectivity index is 1.68. The van der Waals surface area contributed by atoms with Crippen molar-refractivity contribution in [1.29, 1.82) is 0 Å². The van der Waals surface area contributed by atoms with Gasteiger partial charge in [0.05, 0.1) is 7.11 Å². The molecule has 7 nitrogen and oxygen atoms in total. The van der Waals surface area contributed by atoms with Crippen LogP contribution in [0, 0.1) is 23.5 Å². The number of nitrogens with zero attached hydrogens (tertiary/aromatic N) is 3. The predicted molar refractivity (Wildman–Crippen MR) is 119 cm³/mol. The first-order chi connectivity index (χ1) is 15.8. The fraction of sp³-hybridized carbons (Fsp3) is 0.458. The fourth-order valence-electron chi connectivity index (χ4n) is 4.21. The first kappa shape index (κ1) is 24.4. The summed E-state index contributed by atoms with van der Waals surface area (Å²) in [4.78, 5) is 31.5. The molecule has 0 saturated carbocycles. The monoisotopic (exact) mass is 461 g/mol. The van der Waals surface area contributed by atoms with E-state index in [-0.39, 0.29) is 29.4 Å². The van der Waals surface area contributed by atoms with Gasteiger partial charge >= 0.3 is 6.09 Å². The van der Waals surface area contributed by atoms with Gasteiger partial charge in [0.2, 0.25) is 12.2 Å². The van der Waals surface area contributed by atoms with Gasteiger partial charge in [-0.15, -0.1) is 0 Å². The highest BCUT2D eigenvalue weighted by Gasteiger charge is 2.33. The molecule has 0 aliphatic carbocycles. The minimum absolute atomic E-state index is 0.0898. The van der Waals surface area contributed by atoms with Crippen molar-refractivity contribution < 1.29 is 27.8 Å². The van der Waals surface area contributed by atoms with Crippen molar-refractivity contribution >= 4 is 18.2 Å². The van der Waals surface area contributed by atoms with Crippen molar-refractivity contribution in [3.63, 3.8) is 0 Å². The van der Waals surface area contributed by atoms with Gasteiger partial charge in [0.1, 0.15) is 5.82 Å². The Morgan fingerprint density at radius 2 is 1.88 bits per heavy atom. The highest BCUT2D eigenvalue weighted by molar-refractivity contribution is 5.76. The zero-order valence-corrected chi connectivity index (χ0v) is 19.0. The molecule has 1 unspecified atom stereocenters. The quantitative estimate of drug-likeness (QED) is 0.535. The average Bonchev–Trinajstić information content (AvgIpc) is 2.81. The summed E-state index contributed by atoms with van der Waals surface area (Å²) >= 11 is 0. The minimum atomic E-state index is -0.832. The number of anilines is 1. The average molecular weight is 462 g/mol. The van der Waals surface area contributed by atoms with E-state index in [0.29, 0.717) is 37.5 Å². The van der Waals surface area contributed by atoms with Gasteiger partial charge in [-0.2, -0.15) is 4.39 Å². The van der Waals surface area contributed by atoms with Gasteiger partial charge in [0.25, 0.3) is 5.88 Å².